The van der Waals surface area contributed by atoms with Gasteiger partial charge in [0, 0.05) is 6.42 Å². The van der Waals surface area contributed by atoms with Gasteiger partial charge >= 0.3 is 0 Å². The van der Waals surface area contributed by atoms with Gasteiger partial charge in [-0.2, -0.15) is 0 Å². The third-order valence-electron chi connectivity index (χ3n) is 4.20. The molecule has 128 valence electrons. The molecule has 24 heavy (non-hydrogen) atoms. The first-order valence-corrected chi connectivity index (χ1v) is 9.25. The van der Waals surface area contributed by atoms with Crippen molar-refractivity contribution >= 4 is 34.7 Å². The molecule has 0 saturated heterocycles. The Morgan fingerprint density at radius 2 is 1.92 bits per heavy atom. The van der Waals surface area contributed by atoms with Gasteiger partial charge in [-0.25, -0.2) is 4.98 Å². The standard InChI is InChI=1S/C17H21N3O3S/c21-15(10-9-12-5-1-2-6-12)19-20-16(22)11-24-17-18-13-7-3-4-8-14(13)23-17/h3-4,7-8,12H,1-2,5-6,9-11H2,(H,19,21)(H,20,22). The number of carbonyl (C=O) groups is 2. The maximum atomic E-state index is 11.8. The summed E-state index contributed by atoms with van der Waals surface area (Å²) >= 11 is 1.20. The molecule has 1 aromatic heterocycles. The maximum Gasteiger partial charge on any atom is 0.257 e. The van der Waals surface area contributed by atoms with E-state index in [0.717, 1.165) is 11.9 Å². The summed E-state index contributed by atoms with van der Waals surface area (Å²) in [7, 11) is 0. The summed E-state index contributed by atoms with van der Waals surface area (Å²) in [6.07, 6.45) is 6.36. The molecule has 2 N–H and O–H groups in total. The van der Waals surface area contributed by atoms with E-state index in [1.165, 1.54) is 37.4 Å². The molecular formula is C17H21N3O3S. The van der Waals surface area contributed by atoms with Crippen LogP contribution in [0.3, 0.4) is 0 Å². The smallest absolute Gasteiger partial charge is 0.257 e. The maximum absolute atomic E-state index is 11.8. The van der Waals surface area contributed by atoms with E-state index < -0.39 is 0 Å². The molecule has 2 amide bonds. The molecular weight excluding hydrogens is 326 g/mol. The minimum Gasteiger partial charge on any atom is -0.431 e. The number of hydrogen-bond donors (Lipinski definition) is 2. The highest BCUT2D eigenvalue weighted by molar-refractivity contribution is 7.99. The SMILES string of the molecule is O=C(CCC1CCCC1)NNC(=O)CSc1nc2ccccc2o1. The molecule has 0 aliphatic heterocycles. The van der Waals surface area contributed by atoms with E-state index in [1.54, 1.807) is 0 Å². The summed E-state index contributed by atoms with van der Waals surface area (Å²) in [5.74, 6) is 0.384. The summed E-state index contributed by atoms with van der Waals surface area (Å²) < 4.78 is 5.52. The molecule has 0 radical (unpaired) electrons. The topological polar surface area (TPSA) is 84.2 Å². The van der Waals surface area contributed by atoms with Crippen molar-refractivity contribution in [1.29, 1.82) is 0 Å². The van der Waals surface area contributed by atoms with Crippen LogP contribution in [0.5, 0.6) is 0 Å². The molecule has 1 aromatic carbocycles. The van der Waals surface area contributed by atoms with Gasteiger partial charge in [0.25, 0.3) is 5.22 Å². The zero-order valence-corrected chi connectivity index (χ0v) is 14.2. The second-order valence-corrected chi connectivity index (χ2v) is 6.95. The summed E-state index contributed by atoms with van der Waals surface area (Å²) in [4.78, 5) is 27.8. The Kier molecular flexibility index (Phi) is 5.74. The van der Waals surface area contributed by atoms with Crippen LogP contribution in [0.1, 0.15) is 38.5 Å². The summed E-state index contributed by atoms with van der Waals surface area (Å²) in [6.45, 7) is 0. The fourth-order valence-electron chi connectivity index (χ4n) is 2.91. The van der Waals surface area contributed by atoms with Crippen molar-refractivity contribution in [3.8, 4) is 0 Å². The average Bonchev–Trinajstić information content (AvgIpc) is 3.25. The number of para-hydroxylation sites is 2. The fraction of sp³-hybridized carbons (Fsp3) is 0.471. The van der Waals surface area contributed by atoms with Crippen molar-refractivity contribution in [3.05, 3.63) is 24.3 Å². The molecule has 1 aliphatic rings. The quantitative estimate of drug-likeness (QED) is 0.620. The Balaban J connectivity index is 1.35. The third-order valence-corrected chi connectivity index (χ3v) is 5.02. The zero-order valence-electron chi connectivity index (χ0n) is 13.4. The van der Waals surface area contributed by atoms with Crippen LogP contribution in [-0.2, 0) is 9.59 Å². The van der Waals surface area contributed by atoms with E-state index in [0.29, 0.717) is 23.1 Å². The Morgan fingerprint density at radius 1 is 1.17 bits per heavy atom. The number of aromatic nitrogens is 1. The zero-order chi connectivity index (χ0) is 16.8. The number of rotatable bonds is 6. The highest BCUT2D eigenvalue weighted by Crippen LogP contribution is 2.28. The van der Waals surface area contributed by atoms with E-state index in [4.69, 9.17) is 4.42 Å². The summed E-state index contributed by atoms with van der Waals surface area (Å²) in [5.41, 5.74) is 6.36. The molecule has 0 atom stereocenters. The Labute approximate surface area is 144 Å². The molecule has 3 rings (SSSR count). The minimum absolute atomic E-state index is 0.135. The lowest BCUT2D eigenvalue weighted by atomic mass is 10.0. The van der Waals surface area contributed by atoms with Crippen molar-refractivity contribution in [2.24, 2.45) is 5.92 Å². The second kappa shape index (κ2) is 8.19. The highest BCUT2D eigenvalue weighted by atomic mass is 32.2. The molecule has 0 unspecified atom stereocenters. The number of fused-ring (bicyclic) bond motifs is 1. The molecule has 0 spiro atoms. The van der Waals surface area contributed by atoms with E-state index in [2.05, 4.69) is 15.8 Å². The monoisotopic (exact) mass is 347 g/mol. The number of thioether (sulfide) groups is 1. The van der Waals surface area contributed by atoms with Crippen LogP contribution in [0.25, 0.3) is 11.1 Å². The summed E-state index contributed by atoms with van der Waals surface area (Å²) in [6, 6.07) is 7.44. The number of oxazole rings is 1. The number of amides is 2. The second-order valence-electron chi connectivity index (χ2n) is 6.02. The van der Waals surface area contributed by atoms with Crippen LogP contribution < -0.4 is 10.9 Å². The lowest BCUT2D eigenvalue weighted by Gasteiger charge is -2.09. The summed E-state index contributed by atoms with van der Waals surface area (Å²) in [5, 5.41) is 0.443. The van der Waals surface area contributed by atoms with E-state index in [9.17, 15) is 9.59 Å². The normalized spacial score (nSPS) is 14.8. The Bertz CT molecular complexity index is 677. The molecule has 1 fully saturated rings. The number of hydrazine groups is 1. The van der Waals surface area contributed by atoms with Gasteiger partial charge in [-0.3, -0.25) is 20.4 Å². The highest BCUT2D eigenvalue weighted by Gasteiger charge is 2.16. The van der Waals surface area contributed by atoms with Crippen molar-refractivity contribution in [3.63, 3.8) is 0 Å². The van der Waals surface area contributed by atoms with Gasteiger partial charge < -0.3 is 4.42 Å². The Morgan fingerprint density at radius 3 is 2.71 bits per heavy atom. The number of benzene rings is 1. The molecule has 7 heteroatoms. The predicted molar refractivity (Wildman–Crippen MR) is 92.2 cm³/mol. The molecule has 1 heterocycles. The number of hydrogen-bond acceptors (Lipinski definition) is 5. The average molecular weight is 347 g/mol. The van der Waals surface area contributed by atoms with E-state index >= 15 is 0 Å². The first-order valence-electron chi connectivity index (χ1n) is 8.27. The van der Waals surface area contributed by atoms with Crippen molar-refractivity contribution < 1.29 is 14.0 Å². The van der Waals surface area contributed by atoms with Gasteiger partial charge in [-0.05, 0) is 24.5 Å². The van der Waals surface area contributed by atoms with Crippen molar-refractivity contribution in [1.82, 2.24) is 15.8 Å². The van der Waals surface area contributed by atoms with Gasteiger partial charge in [-0.15, -0.1) is 0 Å². The van der Waals surface area contributed by atoms with Crippen LogP contribution in [-0.4, -0.2) is 22.6 Å². The van der Waals surface area contributed by atoms with Gasteiger partial charge in [0.05, 0.1) is 5.75 Å². The van der Waals surface area contributed by atoms with Crippen LogP contribution >= 0.6 is 11.8 Å². The van der Waals surface area contributed by atoms with Gasteiger partial charge in [0.2, 0.25) is 11.8 Å². The first-order chi connectivity index (χ1) is 11.7. The van der Waals surface area contributed by atoms with E-state index in [1.807, 2.05) is 24.3 Å². The molecule has 1 saturated carbocycles. The van der Waals surface area contributed by atoms with Crippen molar-refractivity contribution in [2.45, 2.75) is 43.7 Å². The predicted octanol–water partition coefficient (Wildman–Crippen LogP) is 3.04. The molecule has 6 nitrogen and oxygen atoms in total. The van der Waals surface area contributed by atoms with Gasteiger partial charge in [-0.1, -0.05) is 49.6 Å². The largest absolute Gasteiger partial charge is 0.431 e. The number of nitrogens with one attached hydrogen (secondary N) is 2. The number of nitrogens with zero attached hydrogens (tertiary/aromatic N) is 1. The van der Waals surface area contributed by atoms with Gasteiger partial charge in [0.15, 0.2) is 5.58 Å². The van der Waals surface area contributed by atoms with Crippen LogP contribution in [0.15, 0.2) is 33.9 Å². The number of carbonyl (C=O) groups excluding carboxylic acids is 2. The minimum atomic E-state index is -0.281. The van der Waals surface area contributed by atoms with Crippen LogP contribution in [0, 0.1) is 5.92 Å². The lowest BCUT2D eigenvalue weighted by molar-refractivity contribution is -0.127. The fourth-order valence-corrected chi connectivity index (χ4v) is 3.55. The Hall–Kier alpha value is -2.02. The van der Waals surface area contributed by atoms with Gasteiger partial charge in [0.1, 0.15) is 5.52 Å². The van der Waals surface area contributed by atoms with Crippen molar-refractivity contribution in [2.75, 3.05) is 5.75 Å². The van der Waals surface area contributed by atoms with Crippen LogP contribution in [0.4, 0.5) is 0 Å². The molecule has 1 aliphatic carbocycles. The van der Waals surface area contributed by atoms with Crippen LogP contribution in [0.2, 0.25) is 0 Å². The molecule has 0 bridgehead atoms. The third kappa shape index (κ3) is 4.74. The van der Waals surface area contributed by atoms with E-state index in [-0.39, 0.29) is 17.6 Å². The first kappa shape index (κ1) is 16.8. The molecule has 2 aromatic rings. The lowest BCUT2D eigenvalue weighted by Crippen LogP contribution is -2.42.